The van der Waals surface area contributed by atoms with E-state index >= 15 is 4.39 Å². The Hall–Kier alpha value is -5.74. The summed E-state index contributed by atoms with van der Waals surface area (Å²) in [5.74, 6) is -6.02. The number of Topliss-reactive ketones (excluding diaryl/α,β-unsaturated/α-hetero) is 2. The second kappa shape index (κ2) is 22.8. The Morgan fingerprint density at radius 3 is 2.22 bits per heavy atom. The van der Waals surface area contributed by atoms with Gasteiger partial charge in [0.15, 0.2) is 17.7 Å². The number of halogens is 1. The fourth-order valence-corrected chi connectivity index (χ4v) is 11.1. The molecule has 3 N–H and O–H groups in total. The lowest BCUT2D eigenvalue weighted by Gasteiger charge is -2.47. The molecule has 4 aromatic rings. The van der Waals surface area contributed by atoms with Crippen LogP contribution < -0.4 is 5.73 Å². The molecule has 0 bridgehead atoms. The van der Waals surface area contributed by atoms with Crippen LogP contribution in [0.25, 0.3) is 22.5 Å². The maximum Gasteiger partial charge on any atom is 0.410 e. The number of benzene rings is 1. The van der Waals surface area contributed by atoms with E-state index in [1.165, 1.54) is 18.9 Å². The molecule has 398 valence electrons. The molecule has 0 aliphatic carbocycles. The van der Waals surface area contributed by atoms with Crippen molar-refractivity contribution in [1.82, 2.24) is 44.8 Å². The van der Waals surface area contributed by atoms with Gasteiger partial charge in [0.25, 0.3) is 5.67 Å². The highest BCUT2D eigenvalue weighted by molar-refractivity contribution is 6.08. The number of nitrogens with zero attached hydrogens (tertiary/aromatic N) is 9. The number of aromatic nitrogens is 7. The number of cyclic esters (lactones) is 1. The van der Waals surface area contributed by atoms with Crippen molar-refractivity contribution in [3.05, 3.63) is 61.2 Å². The highest BCUT2D eigenvalue weighted by atomic mass is 19.1. The number of nitrogen functional groups attached to an aromatic ring is 1. The molecule has 7 rings (SSSR count). The summed E-state index contributed by atoms with van der Waals surface area (Å²) in [6.45, 7) is 14.3. The van der Waals surface area contributed by atoms with Crippen molar-refractivity contribution >= 4 is 29.3 Å². The van der Waals surface area contributed by atoms with Gasteiger partial charge in [0, 0.05) is 79.7 Å². The highest BCUT2D eigenvalue weighted by Gasteiger charge is 2.62. The van der Waals surface area contributed by atoms with Gasteiger partial charge in [0.2, 0.25) is 0 Å². The average molecular weight is 1020 g/mol. The van der Waals surface area contributed by atoms with Crippen molar-refractivity contribution < 1.29 is 52.4 Å². The molecule has 3 aromatic heterocycles. The number of alkyl halides is 1. The predicted molar refractivity (Wildman–Crippen MR) is 266 cm³/mol. The number of aliphatic hydroxyl groups excluding tert-OH is 1. The van der Waals surface area contributed by atoms with Crippen LogP contribution in [0, 0.1) is 17.8 Å². The topological polar surface area (TPSA) is 241 Å². The number of aliphatic hydroxyl groups is 1. The first-order chi connectivity index (χ1) is 34.6. The SMILES string of the molecule is CC[C@H]1OC(=O)[C@@](C)(F)C(=O)[C@H](C)[C@@H](O[C@@H]2O[C@H](C)C[C@H](N(C)CCCn3cc(-c4cccnc4)nn3)[C@H]2O)[C@](C)(OC)C[C@@H](C)C(=O)[C@H](C)[C@H]2N(CCCCn3cc(-c4cccc(N)c4)nn3)C(=O)O[C@]12C. The monoisotopic (exact) mass is 1020 g/mol. The van der Waals surface area contributed by atoms with Crippen LogP contribution >= 0.6 is 0 Å². The van der Waals surface area contributed by atoms with Gasteiger partial charge in [-0.25, -0.2) is 14.0 Å². The third-order valence-corrected chi connectivity index (χ3v) is 15.2. The van der Waals surface area contributed by atoms with Gasteiger partial charge in [-0.1, -0.05) is 50.3 Å². The van der Waals surface area contributed by atoms with E-state index in [2.05, 4.69) is 25.6 Å². The minimum absolute atomic E-state index is 0.0419. The van der Waals surface area contributed by atoms with Crippen molar-refractivity contribution in [3.8, 4) is 22.5 Å². The second-order valence-corrected chi connectivity index (χ2v) is 20.8. The number of fused-ring (bicyclic) bond motifs is 1. The molecule has 0 unspecified atom stereocenters. The number of unbranched alkanes of at least 4 members (excludes halogenated alkanes) is 1. The van der Waals surface area contributed by atoms with E-state index in [0.717, 1.165) is 18.1 Å². The van der Waals surface area contributed by atoms with E-state index in [9.17, 15) is 24.3 Å². The molecule has 3 saturated heterocycles. The second-order valence-electron chi connectivity index (χ2n) is 20.8. The summed E-state index contributed by atoms with van der Waals surface area (Å²) >= 11 is 0. The fourth-order valence-electron chi connectivity index (χ4n) is 11.1. The van der Waals surface area contributed by atoms with E-state index in [1.54, 1.807) is 62.4 Å². The van der Waals surface area contributed by atoms with Crippen molar-refractivity contribution in [2.24, 2.45) is 17.8 Å². The molecule has 3 aliphatic rings. The van der Waals surface area contributed by atoms with Crippen molar-refractivity contribution in [2.45, 2.75) is 167 Å². The van der Waals surface area contributed by atoms with E-state index in [-0.39, 0.29) is 25.2 Å². The number of pyridine rings is 1. The van der Waals surface area contributed by atoms with Crippen LogP contribution in [0.4, 0.5) is 14.9 Å². The van der Waals surface area contributed by atoms with Crippen LogP contribution in [-0.2, 0) is 51.2 Å². The number of methoxy groups -OCH3 is 1. The molecule has 6 heterocycles. The van der Waals surface area contributed by atoms with Crippen molar-refractivity contribution in [1.29, 1.82) is 0 Å². The van der Waals surface area contributed by atoms with E-state index in [4.69, 9.17) is 29.4 Å². The molecule has 3 aliphatic heterocycles. The summed E-state index contributed by atoms with van der Waals surface area (Å²) in [4.78, 5) is 65.3. The smallest absolute Gasteiger partial charge is 0.410 e. The van der Waals surface area contributed by atoms with Gasteiger partial charge in [-0.05, 0) is 104 Å². The highest BCUT2D eigenvalue weighted by Crippen LogP contribution is 2.44. The van der Waals surface area contributed by atoms with Crippen LogP contribution in [0.2, 0.25) is 0 Å². The maximum absolute atomic E-state index is 17.2. The van der Waals surface area contributed by atoms with E-state index < -0.39 is 95.3 Å². The Balaban J connectivity index is 1.10. The number of likely N-dealkylation sites (N-methyl/N-ethyl adjacent to an activating group) is 1. The Kier molecular flexibility index (Phi) is 17.2. The first-order valence-electron chi connectivity index (χ1n) is 25.4. The number of esters is 1. The lowest BCUT2D eigenvalue weighted by molar-refractivity contribution is -0.296. The minimum atomic E-state index is -3.23. The largest absolute Gasteiger partial charge is 0.455 e. The average Bonchev–Trinajstić information content (AvgIpc) is 4.11. The van der Waals surface area contributed by atoms with Gasteiger partial charge >= 0.3 is 12.1 Å². The summed E-state index contributed by atoms with van der Waals surface area (Å²) in [7, 11) is 3.29. The molecule has 0 saturated carbocycles. The first kappa shape index (κ1) is 55.0. The van der Waals surface area contributed by atoms with Crippen molar-refractivity contribution in [3.63, 3.8) is 0 Å². The molecular weight excluding hydrogens is 944 g/mol. The summed E-state index contributed by atoms with van der Waals surface area (Å²) in [5.41, 5.74) is 3.24. The van der Waals surface area contributed by atoms with Gasteiger partial charge in [-0.3, -0.25) is 23.9 Å². The van der Waals surface area contributed by atoms with Gasteiger partial charge in [-0.2, -0.15) is 0 Å². The molecule has 0 spiro atoms. The number of hydrogen-bond donors (Lipinski definition) is 2. The maximum atomic E-state index is 17.2. The Labute approximate surface area is 426 Å². The fraction of sp³-hybridized carbons (Fsp3) is 0.635. The molecule has 0 radical (unpaired) electrons. The summed E-state index contributed by atoms with van der Waals surface area (Å²) in [5, 5.41) is 29.1. The molecule has 20 nitrogen and oxygen atoms in total. The van der Waals surface area contributed by atoms with Gasteiger partial charge in [0.05, 0.1) is 36.2 Å². The van der Waals surface area contributed by atoms with E-state index in [0.29, 0.717) is 62.4 Å². The standard InChI is InChI=1S/C52H73FN10O10/c1-11-41-52(8)44(63(49(68)73-52)24-13-12-22-61-29-38(56-58-61)35-17-14-19-37(54)26-35)33(4)42(64)31(2)27-50(6,69-10)46(34(5)45(66)51(7,53)48(67)71-41)72-47-43(65)40(25-32(3)70-47)60(9)21-16-23-62-30-39(57-59-62)36-18-15-20-55-28-36/h14-15,17-20,26,28-34,40-41,43-44,46-47,65H,11-13,16,21-25,27,54H2,1-10H3/t31-,32-,33+,34+,40+,41-,43-,44-,46-,47+,50-,51+,52-/m1/s1. The van der Waals surface area contributed by atoms with Crippen molar-refractivity contribution in [2.75, 3.05) is 33.0 Å². The molecular formula is C52H73FN10O10. The first-order valence-corrected chi connectivity index (χ1v) is 25.4. The third-order valence-electron chi connectivity index (χ3n) is 15.2. The molecule has 73 heavy (non-hydrogen) atoms. The number of carbonyl (C=O) groups excluding carboxylic acids is 4. The summed E-state index contributed by atoms with van der Waals surface area (Å²) < 4.78 is 51.8. The Morgan fingerprint density at radius 1 is 0.918 bits per heavy atom. The minimum Gasteiger partial charge on any atom is -0.455 e. The van der Waals surface area contributed by atoms with Gasteiger partial charge in [-0.15, -0.1) is 10.2 Å². The lowest BCUT2D eigenvalue weighted by Crippen LogP contribution is -2.62. The van der Waals surface area contributed by atoms with Gasteiger partial charge < -0.3 is 44.3 Å². The summed E-state index contributed by atoms with van der Waals surface area (Å²) in [6.07, 6.45) is 2.89. The third kappa shape index (κ3) is 11.8. The summed E-state index contributed by atoms with van der Waals surface area (Å²) in [6, 6.07) is 9.64. The normalized spacial score (nSPS) is 32.6. The number of rotatable bonds is 16. The molecule has 21 heteroatoms. The van der Waals surface area contributed by atoms with Crippen LogP contribution in [-0.4, -0.2) is 160 Å². The van der Waals surface area contributed by atoms with Crippen LogP contribution in [0.5, 0.6) is 0 Å². The Morgan fingerprint density at radius 2 is 1.58 bits per heavy atom. The van der Waals surface area contributed by atoms with Gasteiger partial charge in [0.1, 0.15) is 29.4 Å². The predicted octanol–water partition coefficient (Wildman–Crippen LogP) is 5.72. The molecule has 3 fully saturated rings. The zero-order valence-corrected chi connectivity index (χ0v) is 43.7. The number of nitrogens with two attached hydrogens (primary N) is 1. The Bertz CT molecular complexity index is 2550. The number of hydrogen-bond acceptors (Lipinski definition) is 17. The quantitative estimate of drug-likeness (QED) is 0.0590. The number of carbonyl (C=O) groups is 4. The molecule has 1 aromatic carbocycles. The van der Waals surface area contributed by atoms with E-state index in [1.807, 2.05) is 61.6 Å². The van der Waals surface area contributed by atoms with Crippen LogP contribution in [0.1, 0.15) is 93.9 Å². The number of aryl methyl sites for hydroxylation is 2. The number of ketones is 2. The zero-order chi connectivity index (χ0) is 53.0. The number of ether oxygens (including phenoxy) is 5. The van der Waals surface area contributed by atoms with Crippen LogP contribution in [0.15, 0.2) is 61.2 Å². The van der Waals surface area contributed by atoms with Crippen LogP contribution in [0.3, 0.4) is 0 Å². The number of anilines is 1. The number of amides is 1. The lowest BCUT2D eigenvalue weighted by atomic mass is 9.73. The molecule has 13 atom stereocenters. The zero-order valence-electron chi connectivity index (χ0n) is 43.7. The molecule has 1 amide bonds.